The average molecular weight is 212 g/mol. The third kappa shape index (κ3) is 1.21. The SMILES string of the molecule is Cc1[nH]c2c(F)cc(Cl)cc2c1C=O. The van der Waals surface area contributed by atoms with Crippen LogP contribution in [0.15, 0.2) is 12.1 Å². The van der Waals surface area contributed by atoms with Gasteiger partial charge >= 0.3 is 0 Å². The molecule has 0 aliphatic heterocycles. The molecule has 0 bridgehead atoms. The van der Waals surface area contributed by atoms with Crippen molar-refractivity contribution in [1.29, 1.82) is 0 Å². The molecule has 0 saturated heterocycles. The number of carbonyl (C=O) groups is 1. The molecule has 0 spiro atoms. The van der Waals surface area contributed by atoms with Crippen LogP contribution in [0.5, 0.6) is 0 Å². The summed E-state index contributed by atoms with van der Waals surface area (Å²) in [6.07, 6.45) is 0.698. The Balaban J connectivity index is 2.94. The maximum Gasteiger partial charge on any atom is 0.152 e. The Hall–Kier alpha value is -1.35. The third-order valence-electron chi connectivity index (χ3n) is 2.18. The molecule has 0 atom stereocenters. The lowest BCUT2D eigenvalue weighted by atomic mass is 10.1. The number of benzene rings is 1. The number of aryl methyl sites for hydroxylation is 1. The molecule has 1 heterocycles. The van der Waals surface area contributed by atoms with Gasteiger partial charge in [-0.1, -0.05) is 11.6 Å². The van der Waals surface area contributed by atoms with Crippen LogP contribution in [-0.4, -0.2) is 11.3 Å². The lowest BCUT2D eigenvalue weighted by Gasteiger charge is -1.94. The van der Waals surface area contributed by atoms with E-state index in [9.17, 15) is 9.18 Å². The zero-order chi connectivity index (χ0) is 10.3. The van der Waals surface area contributed by atoms with Gasteiger partial charge in [0.2, 0.25) is 0 Å². The molecule has 72 valence electrons. The fraction of sp³-hybridized carbons (Fsp3) is 0.100. The van der Waals surface area contributed by atoms with E-state index in [-0.39, 0.29) is 5.02 Å². The van der Waals surface area contributed by atoms with Crippen molar-refractivity contribution in [1.82, 2.24) is 4.98 Å². The van der Waals surface area contributed by atoms with Crippen molar-refractivity contribution in [2.24, 2.45) is 0 Å². The molecular weight excluding hydrogens is 205 g/mol. The standard InChI is InChI=1S/C10H7ClFNO/c1-5-8(4-14)7-2-6(11)3-9(12)10(7)13-5/h2-4,13H,1H3. The van der Waals surface area contributed by atoms with Crippen molar-refractivity contribution in [3.8, 4) is 0 Å². The molecule has 0 fully saturated rings. The molecule has 14 heavy (non-hydrogen) atoms. The summed E-state index contributed by atoms with van der Waals surface area (Å²) in [5, 5.41) is 0.819. The van der Waals surface area contributed by atoms with Crippen molar-refractivity contribution < 1.29 is 9.18 Å². The minimum absolute atomic E-state index is 0.289. The number of halogens is 2. The summed E-state index contributed by atoms with van der Waals surface area (Å²) in [7, 11) is 0. The predicted molar refractivity (Wildman–Crippen MR) is 53.4 cm³/mol. The van der Waals surface area contributed by atoms with Crippen molar-refractivity contribution in [2.75, 3.05) is 0 Å². The van der Waals surface area contributed by atoms with E-state index in [2.05, 4.69) is 4.98 Å². The average Bonchev–Trinajstić information content (AvgIpc) is 2.41. The summed E-state index contributed by atoms with van der Waals surface area (Å²) in [4.78, 5) is 13.5. The minimum atomic E-state index is -0.441. The van der Waals surface area contributed by atoms with Gasteiger partial charge in [-0.2, -0.15) is 0 Å². The molecule has 2 aromatic rings. The number of aromatic amines is 1. The normalized spacial score (nSPS) is 10.8. The van der Waals surface area contributed by atoms with E-state index in [1.165, 1.54) is 6.07 Å². The number of hydrogen-bond donors (Lipinski definition) is 1. The molecule has 0 radical (unpaired) electrons. The molecule has 2 rings (SSSR count). The first kappa shape index (κ1) is 9.21. The Morgan fingerprint density at radius 3 is 2.86 bits per heavy atom. The van der Waals surface area contributed by atoms with Crippen molar-refractivity contribution in [2.45, 2.75) is 6.92 Å². The number of hydrogen-bond acceptors (Lipinski definition) is 1. The van der Waals surface area contributed by atoms with E-state index in [0.717, 1.165) is 0 Å². The van der Waals surface area contributed by atoms with E-state index in [4.69, 9.17) is 11.6 Å². The summed E-state index contributed by atoms with van der Waals surface area (Å²) in [5.41, 5.74) is 1.44. The highest BCUT2D eigenvalue weighted by atomic mass is 35.5. The second-order valence-electron chi connectivity index (χ2n) is 3.09. The number of H-pyrrole nitrogens is 1. The number of fused-ring (bicyclic) bond motifs is 1. The third-order valence-corrected chi connectivity index (χ3v) is 2.40. The molecule has 0 aliphatic rings. The molecule has 4 heteroatoms. The summed E-state index contributed by atoms with van der Waals surface area (Å²) < 4.78 is 13.3. The molecule has 0 aliphatic carbocycles. The van der Waals surface area contributed by atoms with E-state index in [1.807, 2.05) is 0 Å². The Bertz CT molecular complexity index is 518. The summed E-state index contributed by atoms with van der Waals surface area (Å²) in [6.45, 7) is 1.72. The quantitative estimate of drug-likeness (QED) is 0.723. The number of aromatic nitrogens is 1. The van der Waals surface area contributed by atoms with Gasteiger partial charge < -0.3 is 4.98 Å². The van der Waals surface area contributed by atoms with Crippen LogP contribution in [0.2, 0.25) is 5.02 Å². The van der Waals surface area contributed by atoms with Crippen molar-refractivity contribution >= 4 is 28.8 Å². The molecule has 0 amide bonds. The lowest BCUT2D eigenvalue weighted by Crippen LogP contribution is -1.80. The van der Waals surface area contributed by atoms with Gasteiger partial charge in [-0.15, -0.1) is 0 Å². The molecular formula is C10H7ClFNO. The Morgan fingerprint density at radius 2 is 2.21 bits per heavy atom. The zero-order valence-corrected chi connectivity index (χ0v) is 8.15. The second-order valence-corrected chi connectivity index (χ2v) is 3.53. The molecule has 1 aromatic carbocycles. The fourth-order valence-corrected chi connectivity index (χ4v) is 1.73. The Morgan fingerprint density at radius 1 is 1.50 bits per heavy atom. The maximum atomic E-state index is 13.3. The topological polar surface area (TPSA) is 32.9 Å². The van der Waals surface area contributed by atoms with Crippen LogP contribution in [-0.2, 0) is 0 Å². The van der Waals surface area contributed by atoms with Crippen LogP contribution in [0.1, 0.15) is 16.1 Å². The predicted octanol–water partition coefficient (Wildman–Crippen LogP) is 3.08. The minimum Gasteiger partial charge on any atom is -0.356 e. The van der Waals surface area contributed by atoms with Gasteiger partial charge in [0.05, 0.1) is 5.52 Å². The number of carbonyl (C=O) groups excluding carboxylic acids is 1. The lowest BCUT2D eigenvalue weighted by molar-refractivity contribution is 0.112. The van der Waals surface area contributed by atoms with Gasteiger partial charge in [-0.3, -0.25) is 4.79 Å². The zero-order valence-electron chi connectivity index (χ0n) is 7.40. The highest BCUT2D eigenvalue weighted by Crippen LogP contribution is 2.26. The first-order chi connectivity index (χ1) is 6.63. The van der Waals surface area contributed by atoms with Crippen LogP contribution in [0.4, 0.5) is 4.39 Å². The summed E-state index contributed by atoms with van der Waals surface area (Å²) >= 11 is 5.69. The molecule has 1 N–H and O–H groups in total. The Kier molecular flexibility index (Phi) is 2.04. The van der Waals surface area contributed by atoms with Gasteiger partial charge in [0.1, 0.15) is 5.82 Å². The maximum absolute atomic E-state index is 13.3. The molecule has 2 nitrogen and oxygen atoms in total. The second kappa shape index (κ2) is 3.10. The van der Waals surface area contributed by atoms with Crippen LogP contribution < -0.4 is 0 Å². The van der Waals surface area contributed by atoms with Crippen molar-refractivity contribution in [3.63, 3.8) is 0 Å². The largest absolute Gasteiger partial charge is 0.356 e. The van der Waals surface area contributed by atoms with Gasteiger partial charge in [0.25, 0.3) is 0 Å². The van der Waals surface area contributed by atoms with Crippen LogP contribution >= 0.6 is 11.6 Å². The monoisotopic (exact) mass is 211 g/mol. The van der Waals surface area contributed by atoms with E-state index >= 15 is 0 Å². The fourth-order valence-electron chi connectivity index (χ4n) is 1.52. The highest BCUT2D eigenvalue weighted by molar-refractivity contribution is 6.31. The van der Waals surface area contributed by atoms with Gasteiger partial charge in [-0.25, -0.2) is 4.39 Å². The summed E-state index contributed by atoms with van der Waals surface area (Å²) in [6, 6.07) is 2.79. The van der Waals surface area contributed by atoms with Crippen molar-refractivity contribution in [3.05, 3.63) is 34.2 Å². The molecule has 1 aromatic heterocycles. The number of nitrogens with one attached hydrogen (secondary N) is 1. The van der Waals surface area contributed by atoms with Crippen LogP contribution in [0, 0.1) is 12.7 Å². The van der Waals surface area contributed by atoms with Gasteiger partial charge in [0, 0.05) is 21.7 Å². The number of rotatable bonds is 1. The highest BCUT2D eigenvalue weighted by Gasteiger charge is 2.11. The number of aldehydes is 1. The van der Waals surface area contributed by atoms with E-state index < -0.39 is 5.82 Å². The summed E-state index contributed by atoms with van der Waals surface area (Å²) in [5.74, 6) is -0.441. The van der Waals surface area contributed by atoms with Gasteiger partial charge in [-0.05, 0) is 19.1 Å². The first-order valence-electron chi connectivity index (χ1n) is 4.06. The van der Waals surface area contributed by atoms with Gasteiger partial charge in [0.15, 0.2) is 6.29 Å². The van der Waals surface area contributed by atoms with Crippen LogP contribution in [0.25, 0.3) is 10.9 Å². The first-order valence-corrected chi connectivity index (χ1v) is 4.44. The molecule has 0 saturated carbocycles. The Labute approximate surface area is 84.7 Å². The van der Waals surface area contributed by atoms with E-state index in [1.54, 1.807) is 13.0 Å². The smallest absolute Gasteiger partial charge is 0.152 e. The molecule has 0 unspecified atom stereocenters. The van der Waals surface area contributed by atoms with E-state index in [0.29, 0.717) is 28.4 Å². The van der Waals surface area contributed by atoms with Crippen LogP contribution in [0.3, 0.4) is 0 Å².